The number of para-hydroxylation sites is 1. The van der Waals surface area contributed by atoms with E-state index in [1.165, 1.54) is 0 Å². The summed E-state index contributed by atoms with van der Waals surface area (Å²) in [5, 5.41) is 3.21. The van der Waals surface area contributed by atoms with Crippen molar-refractivity contribution in [3.63, 3.8) is 0 Å². The molecule has 4 heteroatoms. The topological polar surface area (TPSA) is 73.3 Å². The maximum atomic E-state index is 5.89. The summed E-state index contributed by atoms with van der Waals surface area (Å²) in [6.45, 7) is 0. The van der Waals surface area contributed by atoms with E-state index in [0.29, 0.717) is 17.1 Å². The standard InChI is InChI=1S/C13H15N3O/c1-17-13-8-12(10(14)7-11(13)15)16-9-5-3-2-4-6-9/h2-8,16H,14-15H2,1H3. The van der Waals surface area contributed by atoms with Crippen LogP contribution >= 0.6 is 0 Å². The predicted octanol–water partition coefficient (Wildman–Crippen LogP) is 2.60. The molecule has 4 nitrogen and oxygen atoms in total. The summed E-state index contributed by atoms with van der Waals surface area (Å²) in [4.78, 5) is 0. The van der Waals surface area contributed by atoms with Gasteiger partial charge < -0.3 is 21.5 Å². The van der Waals surface area contributed by atoms with Crippen molar-refractivity contribution in [2.75, 3.05) is 23.9 Å². The smallest absolute Gasteiger partial charge is 0.143 e. The van der Waals surface area contributed by atoms with Crippen molar-refractivity contribution in [2.24, 2.45) is 0 Å². The number of ether oxygens (including phenoxy) is 1. The van der Waals surface area contributed by atoms with Crippen molar-refractivity contribution in [2.45, 2.75) is 0 Å². The van der Waals surface area contributed by atoms with Gasteiger partial charge in [-0.15, -0.1) is 0 Å². The van der Waals surface area contributed by atoms with Crippen LogP contribution in [0.2, 0.25) is 0 Å². The summed E-state index contributed by atoms with van der Waals surface area (Å²) in [7, 11) is 1.58. The molecule has 88 valence electrons. The number of benzene rings is 2. The molecule has 0 bridgehead atoms. The molecule has 2 aromatic rings. The second-order valence-corrected chi connectivity index (χ2v) is 3.67. The van der Waals surface area contributed by atoms with Crippen LogP contribution in [0.15, 0.2) is 42.5 Å². The highest BCUT2D eigenvalue weighted by atomic mass is 16.5. The van der Waals surface area contributed by atoms with Crippen LogP contribution in [0.1, 0.15) is 0 Å². The zero-order chi connectivity index (χ0) is 12.3. The molecule has 2 rings (SSSR count). The van der Waals surface area contributed by atoms with Crippen molar-refractivity contribution in [3.8, 4) is 5.75 Å². The molecular weight excluding hydrogens is 214 g/mol. The molecule has 2 aromatic carbocycles. The van der Waals surface area contributed by atoms with Crippen LogP contribution in [0.3, 0.4) is 0 Å². The minimum atomic E-state index is 0.531. The fourth-order valence-corrected chi connectivity index (χ4v) is 1.58. The molecule has 0 aromatic heterocycles. The Morgan fingerprint density at radius 2 is 1.71 bits per heavy atom. The first-order valence-corrected chi connectivity index (χ1v) is 5.26. The number of anilines is 4. The summed E-state index contributed by atoms with van der Waals surface area (Å²) in [6.07, 6.45) is 0. The largest absolute Gasteiger partial charge is 0.495 e. The third kappa shape index (κ3) is 2.42. The molecule has 0 saturated heterocycles. The molecule has 5 N–H and O–H groups in total. The molecule has 0 amide bonds. The Labute approximate surface area is 100 Å². The summed E-state index contributed by atoms with van der Waals surface area (Å²) in [6, 6.07) is 13.3. The molecule has 0 aliphatic rings. The molecule has 0 atom stereocenters. The van der Waals surface area contributed by atoms with Gasteiger partial charge in [0.2, 0.25) is 0 Å². The Bertz CT molecular complexity index is 512. The van der Waals surface area contributed by atoms with Crippen LogP contribution in [0.4, 0.5) is 22.7 Å². The Kier molecular flexibility index (Phi) is 3.05. The van der Waals surface area contributed by atoms with E-state index in [1.807, 2.05) is 30.3 Å². The zero-order valence-electron chi connectivity index (χ0n) is 9.60. The van der Waals surface area contributed by atoms with E-state index in [-0.39, 0.29) is 0 Å². The molecule has 17 heavy (non-hydrogen) atoms. The highest BCUT2D eigenvalue weighted by Crippen LogP contribution is 2.32. The van der Waals surface area contributed by atoms with Crippen molar-refractivity contribution in [3.05, 3.63) is 42.5 Å². The number of hydrogen-bond acceptors (Lipinski definition) is 4. The van der Waals surface area contributed by atoms with Gasteiger partial charge in [0.25, 0.3) is 0 Å². The Balaban J connectivity index is 2.33. The normalized spacial score (nSPS) is 9.94. The van der Waals surface area contributed by atoms with Crippen LogP contribution in [0.5, 0.6) is 5.75 Å². The van der Waals surface area contributed by atoms with E-state index < -0.39 is 0 Å². The van der Waals surface area contributed by atoms with E-state index in [2.05, 4.69) is 5.32 Å². The fraction of sp³-hybridized carbons (Fsp3) is 0.0769. The van der Waals surface area contributed by atoms with Gasteiger partial charge in [-0.05, 0) is 18.2 Å². The number of nitrogen functional groups attached to an aromatic ring is 2. The van der Waals surface area contributed by atoms with Gasteiger partial charge in [0, 0.05) is 11.8 Å². The van der Waals surface area contributed by atoms with Gasteiger partial charge in [-0.3, -0.25) is 0 Å². The van der Waals surface area contributed by atoms with Crippen molar-refractivity contribution in [1.82, 2.24) is 0 Å². The van der Waals surface area contributed by atoms with Gasteiger partial charge in [0.05, 0.1) is 24.2 Å². The first-order valence-electron chi connectivity index (χ1n) is 5.26. The summed E-state index contributed by atoms with van der Waals surface area (Å²) in [5.74, 6) is 0.609. The fourth-order valence-electron chi connectivity index (χ4n) is 1.58. The van der Waals surface area contributed by atoms with Gasteiger partial charge in [-0.2, -0.15) is 0 Å². The average molecular weight is 229 g/mol. The van der Waals surface area contributed by atoms with Crippen molar-refractivity contribution < 1.29 is 4.74 Å². The van der Waals surface area contributed by atoms with Gasteiger partial charge in [0.1, 0.15) is 5.75 Å². The lowest BCUT2D eigenvalue weighted by Crippen LogP contribution is -2.00. The third-order valence-corrected chi connectivity index (χ3v) is 2.45. The molecule has 0 fully saturated rings. The second-order valence-electron chi connectivity index (χ2n) is 3.67. The lowest BCUT2D eigenvalue weighted by molar-refractivity contribution is 0.417. The third-order valence-electron chi connectivity index (χ3n) is 2.45. The molecular formula is C13H15N3O. The number of nitrogens with two attached hydrogens (primary N) is 2. The molecule has 0 saturated carbocycles. The first-order chi connectivity index (χ1) is 8.20. The van der Waals surface area contributed by atoms with Crippen LogP contribution in [-0.4, -0.2) is 7.11 Å². The second kappa shape index (κ2) is 4.65. The number of methoxy groups -OCH3 is 1. The quantitative estimate of drug-likeness (QED) is 0.707. The summed E-state index contributed by atoms with van der Waals surface area (Å²) < 4.78 is 5.16. The van der Waals surface area contributed by atoms with E-state index in [1.54, 1.807) is 19.2 Å². The van der Waals surface area contributed by atoms with Gasteiger partial charge in [-0.1, -0.05) is 18.2 Å². The van der Waals surface area contributed by atoms with Crippen molar-refractivity contribution >= 4 is 22.7 Å². The Morgan fingerprint density at radius 1 is 1.00 bits per heavy atom. The summed E-state index contributed by atoms with van der Waals surface area (Å²) in [5.41, 5.74) is 14.5. The maximum Gasteiger partial charge on any atom is 0.143 e. The van der Waals surface area contributed by atoms with Gasteiger partial charge in [-0.25, -0.2) is 0 Å². The lowest BCUT2D eigenvalue weighted by atomic mass is 10.2. The van der Waals surface area contributed by atoms with E-state index in [0.717, 1.165) is 11.4 Å². The average Bonchev–Trinajstić information content (AvgIpc) is 2.34. The monoisotopic (exact) mass is 229 g/mol. The van der Waals surface area contributed by atoms with Crippen LogP contribution in [0, 0.1) is 0 Å². The van der Waals surface area contributed by atoms with Gasteiger partial charge >= 0.3 is 0 Å². The highest BCUT2D eigenvalue weighted by Gasteiger charge is 2.06. The maximum absolute atomic E-state index is 5.89. The van der Waals surface area contributed by atoms with Crippen LogP contribution < -0.4 is 21.5 Å². The SMILES string of the molecule is COc1cc(Nc2ccccc2)c(N)cc1N. The van der Waals surface area contributed by atoms with E-state index in [4.69, 9.17) is 16.2 Å². The molecule has 0 radical (unpaired) electrons. The Hall–Kier alpha value is -2.36. The van der Waals surface area contributed by atoms with Crippen LogP contribution in [-0.2, 0) is 0 Å². The predicted molar refractivity (Wildman–Crippen MR) is 71.5 cm³/mol. The molecule has 0 spiro atoms. The molecule has 0 heterocycles. The minimum Gasteiger partial charge on any atom is -0.495 e. The Morgan fingerprint density at radius 3 is 2.35 bits per heavy atom. The molecule has 0 aliphatic carbocycles. The van der Waals surface area contributed by atoms with Gasteiger partial charge in [0.15, 0.2) is 0 Å². The van der Waals surface area contributed by atoms with E-state index >= 15 is 0 Å². The minimum absolute atomic E-state index is 0.531. The first kappa shape index (κ1) is 11.1. The highest BCUT2D eigenvalue weighted by molar-refractivity contribution is 5.79. The number of nitrogens with one attached hydrogen (secondary N) is 1. The lowest BCUT2D eigenvalue weighted by Gasteiger charge is -2.12. The zero-order valence-corrected chi connectivity index (χ0v) is 9.60. The number of rotatable bonds is 3. The molecule has 0 unspecified atom stereocenters. The van der Waals surface area contributed by atoms with Crippen molar-refractivity contribution in [1.29, 1.82) is 0 Å². The van der Waals surface area contributed by atoms with E-state index in [9.17, 15) is 0 Å². The summed E-state index contributed by atoms with van der Waals surface area (Å²) >= 11 is 0. The molecule has 0 aliphatic heterocycles. The number of hydrogen-bond donors (Lipinski definition) is 3. The van der Waals surface area contributed by atoms with Crippen LogP contribution in [0.25, 0.3) is 0 Å².